The molecule has 1 aliphatic heterocycles. The van der Waals surface area contributed by atoms with E-state index in [1.807, 2.05) is 30.1 Å². The van der Waals surface area contributed by atoms with Gasteiger partial charge in [0.05, 0.1) is 6.54 Å². The molecule has 0 bridgehead atoms. The van der Waals surface area contributed by atoms with Crippen LogP contribution < -0.4 is 0 Å². The number of rotatable bonds is 2. The van der Waals surface area contributed by atoms with Crippen molar-refractivity contribution in [2.24, 2.45) is 4.99 Å². The highest BCUT2D eigenvalue weighted by molar-refractivity contribution is 6.38. The van der Waals surface area contributed by atoms with E-state index in [4.69, 9.17) is 0 Å². The van der Waals surface area contributed by atoms with Crippen molar-refractivity contribution in [3.8, 4) is 0 Å². The Kier molecular flexibility index (Phi) is 7.85. The molecule has 0 aromatic heterocycles. The van der Waals surface area contributed by atoms with Gasteiger partial charge in [0, 0.05) is 13.6 Å². The first-order valence-electron chi connectivity index (χ1n) is 9.10. The van der Waals surface area contributed by atoms with Crippen molar-refractivity contribution in [3.05, 3.63) is 35.9 Å². The molecule has 1 aromatic carbocycles. The van der Waals surface area contributed by atoms with E-state index >= 15 is 0 Å². The van der Waals surface area contributed by atoms with Crippen LogP contribution in [0.1, 0.15) is 63.4 Å². The maximum atomic E-state index is 12.7. The second-order valence-electron chi connectivity index (χ2n) is 6.55. The molecule has 0 aliphatic carbocycles. The number of nitrogens with zero attached hydrogens (tertiary/aromatic N) is 2. The Bertz CT molecular complexity index is 496. The molecule has 0 saturated carbocycles. The Balaban J connectivity index is 2.02. The molecule has 23 heavy (non-hydrogen) atoms. The van der Waals surface area contributed by atoms with Crippen molar-refractivity contribution < 1.29 is 4.79 Å². The lowest BCUT2D eigenvalue weighted by atomic mass is 10.1. The molecular weight excluding hydrogens is 284 g/mol. The zero-order valence-electron chi connectivity index (χ0n) is 14.5. The predicted octanol–water partition coefficient (Wildman–Crippen LogP) is 4.61. The van der Waals surface area contributed by atoms with Crippen LogP contribution in [0.2, 0.25) is 0 Å². The van der Waals surface area contributed by atoms with E-state index < -0.39 is 0 Å². The van der Waals surface area contributed by atoms with Crippen molar-refractivity contribution in [3.63, 3.8) is 0 Å². The third kappa shape index (κ3) is 6.55. The van der Waals surface area contributed by atoms with E-state index in [0.29, 0.717) is 6.54 Å². The highest BCUT2D eigenvalue weighted by Gasteiger charge is 2.16. The number of aliphatic imine (C=N–C) groups is 1. The summed E-state index contributed by atoms with van der Waals surface area (Å²) in [6.45, 7) is 1.46. The minimum atomic E-state index is 0.125. The number of amides is 1. The van der Waals surface area contributed by atoms with Crippen molar-refractivity contribution >= 4 is 11.6 Å². The van der Waals surface area contributed by atoms with Crippen LogP contribution in [0, 0.1) is 0 Å². The van der Waals surface area contributed by atoms with Crippen molar-refractivity contribution in [2.75, 3.05) is 13.6 Å². The molecule has 3 nitrogen and oxygen atoms in total. The van der Waals surface area contributed by atoms with Crippen LogP contribution in [-0.2, 0) is 11.3 Å². The monoisotopic (exact) mass is 314 g/mol. The summed E-state index contributed by atoms with van der Waals surface area (Å²) in [6, 6.07) is 10.2. The number of hydrogen-bond donors (Lipinski definition) is 0. The molecule has 1 heterocycles. The van der Waals surface area contributed by atoms with Gasteiger partial charge in [0.2, 0.25) is 0 Å². The van der Waals surface area contributed by atoms with E-state index in [0.717, 1.165) is 31.5 Å². The average Bonchev–Trinajstić information content (AvgIpc) is 2.60. The lowest BCUT2D eigenvalue weighted by Crippen LogP contribution is -2.34. The minimum absolute atomic E-state index is 0.125. The van der Waals surface area contributed by atoms with Crippen LogP contribution in [0.3, 0.4) is 0 Å². The highest BCUT2D eigenvalue weighted by atomic mass is 16.2. The number of hydrogen-bond acceptors (Lipinski definition) is 2. The number of carbonyl (C=O) groups excluding carboxylic acids is 1. The van der Waals surface area contributed by atoms with Crippen LogP contribution >= 0.6 is 0 Å². The molecule has 2 rings (SSSR count). The van der Waals surface area contributed by atoms with Gasteiger partial charge in [-0.15, -0.1) is 0 Å². The van der Waals surface area contributed by atoms with Gasteiger partial charge in [0.15, 0.2) is 0 Å². The fourth-order valence-corrected chi connectivity index (χ4v) is 3.05. The van der Waals surface area contributed by atoms with Crippen LogP contribution in [0.4, 0.5) is 0 Å². The second kappa shape index (κ2) is 10.2. The van der Waals surface area contributed by atoms with Crippen LogP contribution in [-0.4, -0.2) is 30.1 Å². The Morgan fingerprint density at radius 1 is 0.913 bits per heavy atom. The third-order valence-corrected chi connectivity index (χ3v) is 4.55. The highest BCUT2D eigenvalue weighted by Crippen LogP contribution is 2.13. The standard InChI is InChI=1S/C20H30N2O/c1-22-16-12-7-5-3-2-4-6-11-15-19(20(22)23)21-17-18-13-9-8-10-14-18/h8-10,13-14H,2-7,11-12,15-17H2,1H3. The van der Waals surface area contributed by atoms with Gasteiger partial charge in [-0.25, -0.2) is 0 Å². The predicted molar refractivity (Wildman–Crippen MR) is 96.8 cm³/mol. The SMILES string of the molecule is CN1CCCCCCCCCCC(=NCc2ccccc2)C1=O. The molecule has 0 atom stereocenters. The van der Waals surface area contributed by atoms with Crippen molar-refractivity contribution in [2.45, 2.75) is 64.3 Å². The summed E-state index contributed by atoms with van der Waals surface area (Å²) in [5, 5.41) is 0. The quantitative estimate of drug-likeness (QED) is 0.784. The molecular formula is C20H30N2O. The van der Waals surface area contributed by atoms with Gasteiger partial charge in [-0.05, 0) is 24.8 Å². The van der Waals surface area contributed by atoms with Crippen LogP contribution in [0.25, 0.3) is 0 Å². The van der Waals surface area contributed by atoms with E-state index in [1.54, 1.807) is 0 Å². The Hall–Kier alpha value is -1.64. The normalized spacial score (nSPS) is 20.7. The summed E-state index contributed by atoms with van der Waals surface area (Å²) in [7, 11) is 1.92. The molecule has 1 amide bonds. The summed E-state index contributed by atoms with van der Waals surface area (Å²) >= 11 is 0. The summed E-state index contributed by atoms with van der Waals surface area (Å²) in [5.41, 5.74) is 1.92. The van der Waals surface area contributed by atoms with Gasteiger partial charge in [-0.3, -0.25) is 9.79 Å². The van der Waals surface area contributed by atoms with Gasteiger partial charge in [0.25, 0.3) is 5.91 Å². The Labute approximate surface area is 140 Å². The molecule has 0 radical (unpaired) electrons. The molecule has 1 aliphatic rings. The molecule has 0 N–H and O–H groups in total. The zero-order chi connectivity index (χ0) is 16.3. The van der Waals surface area contributed by atoms with E-state index in [2.05, 4.69) is 17.1 Å². The summed E-state index contributed by atoms with van der Waals surface area (Å²) in [4.78, 5) is 19.2. The van der Waals surface area contributed by atoms with Gasteiger partial charge in [-0.2, -0.15) is 0 Å². The smallest absolute Gasteiger partial charge is 0.267 e. The second-order valence-corrected chi connectivity index (χ2v) is 6.55. The van der Waals surface area contributed by atoms with Crippen molar-refractivity contribution in [1.29, 1.82) is 0 Å². The summed E-state index contributed by atoms with van der Waals surface area (Å²) < 4.78 is 0. The molecule has 1 fully saturated rings. The molecule has 3 heteroatoms. The topological polar surface area (TPSA) is 32.7 Å². The lowest BCUT2D eigenvalue weighted by Gasteiger charge is -2.18. The lowest BCUT2D eigenvalue weighted by molar-refractivity contribution is -0.123. The van der Waals surface area contributed by atoms with E-state index in [-0.39, 0.29) is 5.91 Å². The number of carbonyl (C=O) groups is 1. The van der Waals surface area contributed by atoms with Crippen LogP contribution in [0.15, 0.2) is 35.3 Å². The fourth-order valence-electron chi connectivity index (χ4n) is 3.05. The maximum absolute atomic E-state index is 12.7. The van der Waals surface area contributed by atoms with Gasteiger partial charge in [-0.1, -0.05) is 68.9 Å². The summed E-state index contributed by atoms with van der Waals surface area (Å²) in [5.74, 6) is 0.125. The third-order valence-electron chi connectivity index (χ3n) is 4.55. The average molecular weight is 314 g/mol. The molecule has 0 unspecified atom stereocenters. The Morgan fingerprint density at radius 2 is 1.52 bits per heavy atom. The first-order chi connectivity index (χ1) is 11.3. The molecule has 0 spiro atoms. The Morgan fingerprint density at radius 3 is 2.22 bits per heavy atom. The molecule has 1 aromatic rings. The number of benzene rings is 1. The minimum Gasteiger partial charge on any atom is -0.341 e. The van der Waals surface area contributed by atoms with E-state index in [1.165, 1.54) is 44.1 Å². The first kappa shape index (κ1) is 17.7. The largest absolute Gasteiger partial charge is 0.341 e. The van der Waals surface area contributed by atoms with Gasteiger partial charge in [0.1, 0.15) is 5.71 Å². The van der Waals surface area contributed by atoms with Gasteiger partial charge < -0.3 is 4.90 Å². The van der Waals surface area contributed by atoms with Gasteiger partial charge >= 0.3 is 0 Å². The van der Waals surface area contributed by atoms with Crippen LogP contribution in [0.5, 0.6) is 0 Å². The molecule has 1 saturated heterocycles. The van der Waals surface area contributed by atoms with Crippen molar-refractivity contribution in [1.82, 2.24) is 4.90 Å². The fraction of sp³-hybridized carbons (Fsp3) is 0.600. The maximum Gasteiger partial charge on any atom is 0.267 e. The molecule has 126 valence electrons. The zero-order valence-corrected chi connectivity index (χ0v) is 14.5. The van der Waals surface area contributed by atoms with E-state index in [9.17, 15) is 4.79 Å². The summed E-state index contributed by atoms with van der Waals surface area (Å²) in [6.07, 6.45) is 10.7. The first-order valence-corrected chi connectivity index (χ1v) is 9.10.